The number of nitrogens with zero attached hydrogens (tertiary/aromatic N) is 3. The van der Waals surface area contributed by atoms with Gasteiger partial charge in [0.15, 0.2) is 0 Å². The lowest BCUT2D eigenvalue weighted by Gasteiger charge is -2.13. The van der Waals surface area contributed by atoms with Gasteiger partial charge in [-0.25, -0.2) is 9.37 Å². The summed E-state index contributed by atoms with van der Waals surface area (Å²) in [6.45, 7) is 4.03. The normalized spacial score (nSPS) is 12.8. The Hall–Kier alpha value is -2.34. The Morgan fingerprint density at radius 1 is 1.32 bits per heavy atom. The molecule has 6 heteroatoms. The van der Waals surface area contributed by atoms with Crippen LogP contribution in [0.1, 0.15) is 37.6 Å². The van der Waals surface area contributed by atoms with Crippen molar-refractivity contribution in [2.24, 2.45) is 5.10 Å². The van der Waals surface area contributed by atoms with E-state index in [1.54, 1.807) is 18.2 Å². The second kappa shape index (κ2) is 7.27. The van der Waals surface area contributed by atoms with Crippen LogP contribution < -0.4 is 5.56 Å². The van der Waals surface area contributed by atoms with E-state index >= 15 is 0 Å². The summed E-state index contributed by atoms with van der Waals surface area (Å²) in [6.07, 6.45) is 2.30. The van der Waals surface area contributed by atoms with Crippen LogP contribution in [0.2, 0.25) is 0 Å². The summed E-state index contributed by atoms with van der Waals surface area (Å²) < 4.78 is 15.5. The molecule has 0 spiro atoms. The number of halogens is 2. The zero-order chi connectivity index (χ0) is 18.0. The molecule has 25 heavy (non-hydrogen) atoms. The lowest BCUT2D eigenvalue weighted by atomic mass is 10.1. The van der Waals surface area contributed by atoms with Crippen molar-refractivity contribution in [2.45, 2.75) is 26.2 Å². The average molecular weight is 402 g/mol. The van der Waals surface area contributed by atoms with Gasteiger partial charge in [-0.1, -0.05) is 41.9 Å². The van der Waals surface area contributed by atoms with E-state index in [9.17, 15) is 9.18 Å². The predicted molar refractivity (Wildman–Crippen MR) is 102 cm³/mol. The van der Waals surface area contributed by atoms with Crippen molar-refractivity contribution >= 4 is 33.0 Å². The van der Waals surface area contributed by atoms with Gasteiger partial charge in [0.25, 0.3) is 5.56 Å². The molecule has 0 aliphatic rings. The van der Waals surface area contributed by atoms with Crippen LogP contribution in [-0.2, 0) is 0 Å². The third-order valence-electron chi connectivity index (χ3n) is 4.06. The smallest absolute Gasteiger partial charge is 0.267 e. The fourth-order valence-electron chi connectivity index (χ4n) is 2.49. The first-order valence-electron chi connectivity index (χ1n) is 8.01. The Morgan fingerprint density at radius 2 is 2.12 bits per heavy atom. The Morgan fingerprint density at radius 3 is 2.84 bits per heavy atom. The summed E-state index contributed by atoms with van der Waals surface area (Å²) in [5.41, 5.74) is 0.978. The molecule has 0 saturated carbocycles. The summed E-state index contributed by atoms with van der Waals surface area (Å²) in [4.78, 5) is 17.6. The lowest BCUT2D eigenvalue weighted by Crippen LogP contribution is -2.23. The molecule has 128 valence electrons. The SMILES string of the molecule is CC[C@@H](C)c1nc2ccc(Br)cc2c(=O)n1N=Cc1cccc(F)c1. The molecule has 0 fully saturated rings. The second-order valence-electron chi connectivity index (χ2n) is 5.86. The Balaban J connectivity index is 2.20. The third kappa shape index (κ3) is 3.69. The monoisotopic (exact) mass is 401 g/mol. The summed E-state index contributed by atoms with van der Waals surface area (Å²) in [5.74, 6) is 0.305. The van der Waals surface area contributed by atoms with Crippen LogP contribution in [0.4, 0.5) is 4.39 Å². The molecule has 0 bridgehead atoms. The molecule has 0 unspecified atom stereocenters. The number of aromatic nitrogens is 2. The molecule has 0 aliphatic carbocycles. The van der Waals surface area contributed by atoms with E-state index in [4.69, 9.17) is 0 Å². The molecule has 4 nitrogen and oxygen atoms in total. The molecule has 2 aromatic carbocycles. The second-order valence-corrected chi connectivity index (χ2v) is 6.77. The van der Waals surface area contributed by atoms with Gasteiger partial charge in [-0.15, -0.1) is 0 Å². The van der Waals surface area contributed by atoms with Crippen LogP contribution >= 0.6 is 15.9 Å². The van der Waals surface area contributed by atoms with Gasteiger partial charge in [-0.3, -0.25) is 4.79 Å². The zero-order valence-electron chi connectivity index (χ0n) is 13.9. The van der Waals surface area contributed by atoms with Crippen molar-refractivity contribution in [3.05, 3.63) is 74.5 Å². The van der Waals surface area contributed by atoms with E-state index in [-0.39, 0.29) is 17.3 Å². The van der Waals surface area contributed by atoms with Crippen LogP contribution in [0.5, 0.6) is 0 Å². The first-order chi connectivity index (χ1) is 12.0. The Kier molecular flexibility index (Phi) is 5.08. The summed E-state index contributed by atoms with van der Waals surface area (Å²) in [5, 5.41) is 4.78. The van der Waals surface area contributed by atoms with E-state index < -0.39 is 0 Å². The van der Waals surface area contributed by atoms with Gasteiger partial charge in [-0.05, 0) is 42.3 Å². The maximum atomic E-state index is 13.3. The average Bonchev–Trinajstić information content (AvgIpc) is 2.60. The highest BCUT2D eigenvalue weighted by Crippen LogP contribution is 2.20. The zero-order valence-corrected chi connectivity index (χ0v) is 15.5. The maximum absolute atomic E-state index is 13.3. The van der Waals surface area contributed by atoms with Gasteiger partial charge in [-0.2, -0.15) is 9.78 Å². The number of fused-ring (bicyclic) bond motifs is 1. The summed E-state index contributed by atoms with van der Waals surface area (Å²) in [7, 11) is 0. The number of hydrogen-bond acceptors (Lipinski definition) is 3. The summed E-state index contributed by atoms with van der Waals surface area (Å²) >= 11 is 3.38. The van der Waals surface area contributed by atoms with Crippen molar-refractivity contribution in [2.75, 3.05) is 0 Å². The summed E-state index contributed by atoms with van der Waals surface area (Å²) in [6, 6.07) is 11.5. The van der Waals surface area contributed by atoms with E-state index in [0.29, 0.717) is 22.3 Å². The predicted octanol–water partition coefficient (Wildman–Crippen LogP) is 4.69. The molecular weight excluding hydrogens is 385 g/mol. The fraction of sp³-hybridized carbons (Fsp3) is 0.211. The van der Waals surface area contributed by atoms with Crippen molar-refractivity contribution < 1.29 is 4.39 Å². The van der Waals surface area contributed by atoms with Gasteiger partial charge >= 0.3 is 0 Å². The van der Waals surface area contributed by atoms with E-state index in [1.165, 1.54) is 23.0 Å². The van der Waals surface area contributed by atoms with Gasteiger partial charge in [0.05, 0.1) is 17.1 Å². The molecule has 0 saturated heterocycles. The molecular formula is C19H17BrFN3O. The largest absolute Gasteiger partial charge is 0.282 e. The van der Waals surface area contributed by atoms with Crippen molar-refractivity contribution in [1.29, 1.82) is 0 Å². The highest BCUT2D eigenvalue weighted by molar-refractivity contribution is 9.10. The maximum Gasteiger partial charge on any atom is 0.282 e. The highest BCUT2D eigenvalue weighted by atomic mass is 79.9. The first kappa shape index (κ1) is 17.5. The minimum absolute atomic E-state index is 0.0606. The Bertz CT molecular complexity index is 1010. The number of benzene rings is 2. The molecule has 0 aliphatic heterocycles. The third-order valence-corrected chi connectivity index (χ3v) is 4.55. The minimum Gasteiger partial charge on any atom is -0.267 e. The van der Waals surface area contributed by atoms with Gasteiger partial charge in [0.2, 0.25) is 0 Å². The molecule has 0 amide bonds. The highest BCUT2D eigenvalue weighted by Gasteiger charge is 2.15. The molecule has 1 aromatic heterocycles. The van der Waals surface area contributed by atoms with Crippen LogP contribution in [-0.4, -0.2) is 15.9 Å². The quantitative estimate of drug-likeness (QED) is 0.595. The van der Waals surface area contributed by atoms with Crippen LogP contribution in [0.15, 0.2) is 56.8 Å². The molecule has 0 radical (unpaired) electrons. The standard InChI is InChI=1S/C19H17BrFN3O/c1-3-12(2)18-23-17-8-7-14(20)10-16(17)19(25)24(18)22-11-13-5-4-6-15(21)9-13/h4-12H,3H2,1-2H3/t12-/m1/s1. The van der Waals surface area contributed by atoms with E-state index in [1.807, 2.05) is 26.0 Å². The lowest BCUT2D eigenvalue weighted by molar-refractivity contribution is 0.613. The van der Waals surface area contributed by atoms with Crippen molar-refractivity contribution in [3.63, 3.8) is 0 Å². The Labute approximate surface area is 153 Å². The van der Waals surface area contributed by atoms with Crippen LogP contribution in [0.25, 0.3) is 10.9 Å². The van der Waals surface area contributed by atoms with Crippen molar-refractivity contribution in [3.8, 4) is 0 Å². The van der Waals surface area contributed by atoms with Gasteiger partial charge in [0.1, 0.15) is 11.6 Å². The molecule has 1 heterocycles. The number of hydrogen-bond donors (Lipinski definition) is 0. The van der Waals surface area contributed by atoms with Crippen LogP contribution in [0, 0.1) is 5.82 Å². The van der Waals surface area contributed by atoms with Crippen molar-refractivity contribution in [1.82, 2.24) is 9.66 Å². The topological polar surface area (TPSA) is 47.2 Å². The van der Waals surface area contributed by atoms with Gasteiger partial charge < -0.3 is 0 Å². The fourth-order valence-corrected chi connectivity index (χ4v) is 2.85. The molecule has 3 aromatic rings. The van der Waals surface area contributed by atoms with Gasteiger partial charge in [0, 0.05) is 10.4 Å². The first-order valence-corrected chi connectivity index (χ1v) is 8.81. The van der Waals surface area contributed by atoms with Crippen LogP contribution in [0.3, 0.4) is 0 Å². The molecule has 0 N–H and O–H groups in total. The minimum atomic E-state index is -0.348. The number of rotatable bonds is 4. The molecule has 1 atom stereocenters. The molecule has 3 rings (SSSR count). The van der Waals surface area contributed by atoms with E-state index in [0.717, 1.165) is 10.9 Å². The van der Waals surface area contributed by atoms with E-state index in [2.05, 4.69) is 26.0 Å².